The molecule has 2 aromatic rings. The summed E-state index contributed by atoms with van der Waals surface area (Å²) in [4.78, 5) is 17.6. The summed E-state index contributed by atoms with van der Waals surface area (Å²) < 4.78 is 11.5. The zero-order chi connectivity index (χ0) is 29.4. The second kappa shape index (κ2) is 13.5. The van der Waals surface area contributed by atoms with E-state index in [0.717, 1.165) is 51.3 Å². The lowest BCUT2D eigenvalue weighted by molar-refractivity contribution is -0.112. The molecule has 0 aromatic carbocycles. The van der Waals surface area contributed by atoms with Crippen molar-refractivity contribution in [1.29, 1.82) is 0 Å². The molecular formula is C30H39N5O4S. The number of allylic oxidation sites excluding steroid dienone is 2. The maximum atomic E-state index is 13.3. The van der Waals surface area contributed by atoms with Crippen LogP contribution in [0.25, 0.3) is 5.57 Å². The third-order valence-electron chi connectivity index (χ3n) is 6.49. The lowest BCUT2D eigenvalue weighted by Gasteiger charge is -2.22. The zero-order valence-electron chi connectivity index (χ0n) is 24.5. The highest BCUT2D eigenvalue weighted by Crippen LogP contribution is 2.34. The summed E-state index contributed by atoms with van der Waals surface area (Å²) in [6.45, 7) is 13.7. The number of carbonyl (C=O) groups is 1. The standard InChI is InChI=1S/C30H39N5O4S/c1-9-18(3)21(11-12-22(10-2)30(6,7)37)17-39-29-35-34-28(40-29)33-27(36)25-15-31-19(4)13-23(25)24-14-20(5)32-16-26(24)38-8/h10-16,19,31,37H,9,17H2,1-8H3,(H,33,34,36)/b12-11-,21-18+,22-10+. The number of amides is 1. The number of aliphatic hydroxyl groups is 1. The van der Waals surface area contributed by atoms with Crippen LogP contribution < -0.4 is 20.1 Å². The van der Waals surface area contributed by atoms with E-state index in [2.05, 4.69) is 32.7 Å². The molecule has 2 aromatic heterocycles. The van der Waals surface area contributed by atoms with Crippen LogP contribution in [-0.4, -0.2) is 51.6 Å². The van der Waals surface area contributed by atoms with E-state index < -0.39 is 5.60 Å². The molecular weight excluding hydrogens is 526 g/mol. The Morgan fingerprint density at radius 3 is 2.70 bits per heavy atom. The van der Waals surface area contributed by atoms with E-state index in [1.807, 2.05) is 58.1 Å². The Hall–Kier alpha value is -3.76. The van der Waals surface area contributed by atoms with Gasteiger partial charge in [0.15, 0.2) is 0 Å². The number of ether oxygens (including phenoxy) is 2. The van der Waals surface area contributed by atoms with Crippen LogP contribution in [0.15, 0.2) is 65.1 Å². The molecule has 0 saturated carbocycles. The SMILES string of the molecule is C\C=C(/C=C\C(COc1nnc(NC(=O)C2=CNC(C)C=C2c2cc(C)ncc2OC)s1)=C(\C)CC)C(C)(C)O. The number of hydrogen-bond donors (Lipinski definition) is 3. The van der Waals surface area contributed by atoms with Crippen molar-refractivity contribution in [3.63, 3.8) is 0 Å². The number of pyridine rings is 1. The van der Waals surface area contributed by atoms with Gasteiger partial charge in [0, 0.05) is 23.5 Å². The third kappa shape index (κ3) is 7.89. The minimum atomic E-state index is -0.943. The lowest BCUT2D eigenvalue weighted by atomic mass is 9.93. The minimum Gasteiger partial charge on any atom is -0.494 e. The van der Waals surface area contributed by atoms with Crippen molar-refractivity contribution >= 4 is 27.9 Å². The molecule has 0 radical (unpaired) electrons. The number of methoxy groups -OCH3 is 1. The van der Waals surface area contributed by atoms with Gasteiger partial charge < -0.3 is 19.9 Å². The summed E-state index contributed by atoms with van der Waals surface area (Å²) in [5.74, 6) is 0.251. The summed E-state index contributed by atoms with van der Waals surface area (Å²) in [6.07, 6.45) is 11.9. The van der Waals surface area contributed by atoms with Crippen LogP contribution in [0.1, 0.15) is 59.2 Å². The van der Waals surface area contributed by atoms with Crippen LogP contribution >= 0.6 is 11.3 Å². The number of nitrogens with zero attached hydrogens (tertiary/aromatic N) is 3. The maximum absolute atomic E-state index is 13.3. The molecule has 0 bridgehead atoms. The van der Waals surface area contributed by atoms with Crippen LogP contribution in [0.3, 0.4) is 0 Å². The summed E-state index contributed by atoms with van der Waals surface area (Å²) in [7, 11) is 1.58. The quantitative estimate of drug-likeness (QED) is 0.305. The predicted molar refractivity (Wildman–Crippen MR) is 160 cm³/mol. The average molecular weight is 566 g/mol. The monoisotopic (exact) mass is 565 g/mol. The molecule has 1 amide bonds. The Morgan fingerprint density at radius 2 is 2.05 bits per heavy atom. The average Bonchev–Trinajstić information content (AvgIpc) is 3.36. The first kappa shape index (κ1) is 30.8. The highest BCUT2D eigenvalue weighted by molar-refractivity contribution is 7.17. The number of anilines is 1. The summed E-state index contributed by atoms with van der Waals surface area (Å²) in [6, 6.07) is 1.93. The fourth-order valence-corrected chi connectivity index (χ4v) is 4.62. The summed E-state index contributed by atoms with van der Waals surface area (Å²) in [5, 5.41) is 25.3. The molecule has 3 rings (SSSR count). The van der Waals surface area contributed by atoms with Crippen LogP contribution in [0.4, 0.5) is 5.13 Å². The highest BCUT2D eigenvalue weighted by atomic mass is 32.1. The smallest absolute Gasteiger partial charge is 0.296 e. The number of dihydropyridines is 1. The van der Waals surface area contributed by atoms with Gasteiger partial charge in [-0.05, 0) is 82.1 Å². The van der Waals surface area contributed by atoms with E-state index >= 15 is 0 Å². The van der Waals surface area contributed by atoms with Gasteiger partial charge in [0.2, 0.25) is 5.13 Å². The van der Waals surface area contributed by atoms with E-state index in [1.165, 1.54) is 0 Å². The Morgan fingerprint density at radius 1 is 1.30 bits per heavy atom. The molecule has 0 spiro atoms. The molecule has 9 nitrogen and oxygen atoms in total. The predicted octanol–water partition coefficient (Wildman–Crippen LogP) is 5.53. The molecule has 0 fully saturated rings. The normalized spacial score (nSPS) is 16.6. The molecule has 10 heteroatoms. The van der Waals surface area contributed by atoms with Gasteiger partial charge in [0.05, 0.1) is 24.5 Å². The first-order chi connectivity index (χ1) is 19.0. The van der Waals surface area contributed by atoms with Gasteiger partial charge in [-0.1, -0.05) is 41.9 Å². The first-order valence-electron chi connectivity index (χ1n) is 13.2. The van der Waals surface area contributed by atoms with E-state index in [-0.39, 0.29) is 18.6 Å². The van der Waals surface area contributed by atoms with Crippen molar-refractivity contribution in [2.75, 3.05) is 19.0 Å². The van der Waals surface area contributed by atoms with Gasteiger partial charge in [-0.15, -0.1) is 5.10 Å². The summed E-state index contributed by atoms with van der Waals surface area (Å²) in [5.41, 5.74) is 4.80. The van der Waals surface area contributed by atoms with Crippen LogP contribution in [0, 0.1) is 6.92 Å². The van der Waals surface area contributed by atoms with Crippen LogP contribution in [0.5, 0.6) is 10.9 Å². The Balaban J connectivity index is 1.74. The molecule has 1 aliphatic heterocycles. The second-order valence-corrected chi connectivity index (χ2v) is 11.0. The van der Waals surface area contributed by atoms with Crippen molar-refractivity contribution in [3.05, 3.63) is 76.3 Å². The summed E-state index contributed by atoms with van der Waals surface area (Å²) >= 11 is 1.15. The number of carbonyl (C=O) groups excluding carboxylic acids is 1. The van der Waals surface area contributed by atoms with E-state index in [9.17, 15) is 9.90 Å². The van der Waals surface area contributed by atoms with Crippen molar-refractivity contribution in [2.45, 2.75) is 66.5 Å². The number of aromatic nitrogens is 3. The molecule has 214 valence electrons. The Kier molecular flexibility index (Phi) is 10.4. The molecule has 3 heterocycles. The number of nitrogens with one attached hydrogen (secondary N) is 2. The molecule has 1 unspecified atom stereocenters. The van der Waals surface area contributed by atoms with Gasteiger partial charge in [0.25, 0.3) is 11.1 Å². The van der Waals surface area contributed by atoms with Gasteiger partial charge in [-0.3, -0.25) is 15.1 Å². The molecule has 3 N–H and O–H groups in total. The van der Waals surface area contributed by atoms with Gasteiger partial charge >= 0.3 is 0 Å². The maximum Gasteiger partial charge on any atom is 0.296 e. The van der Waals surface area contributed by atoms with Gasteiger partial charge in [-0.2, -0.15) is 0 Å². The van der Waals surface area contributed by atoms with Crippen LogP contribution in [-0.2, 0) is 4.79 Å². The fraction of sp³-hybridized carbons (Fsp3) is 0.400. The molecule has 1 atom stereocenters. The molecule has 0 saturated heterocycles. The van der Waals surface area contributed by atoms with Crippen molar-refractivity contribution in [3.8, 4) is 10.9 Å². The topological polar surface area (TPSA) is 118 Å². The Bertz CT molecular complexity index is 1380. The van der Waals surface area contributed by atoms with Crippen molar-refractivity contribution < 1.29 is 19.4 Å². The van der Waals surface area contributed by atoms with Crippen molar-refractivity contribution in [1.82, 2.24) is 20.5 Å². The third-order valence-corrected chi connectivity index (χ3v) is 7.25. The lowest BCUT2D eigenvalue weighted by Crippen LogP contribution is -2.27. The zero-order valence-corrected chi connectivity index (χ0v) is 25.3. The minimum absolute atomic E-state index is 0.0292. The molecule has 0 aliphatic carbocycles. The highest BCUT2D eigenvalue weighted by Gasteiger charge is 2.24. The van der Waals surface area contributed by atoms with Crippen molar-refractivity contribution in [2.24, 2.45) is 0 Å². The van der Waals surface area contributed by atoms with E-state index in [1.54, 1.807) is 33.4 Å². The molecule has 1 aliphatic rings. The fourth-order valence-electron chi connectivity index (χ4n) is 4.03. The first-order valence-corrected chi connectivity index (χ1v) is 14.0. The largest absolute Gasteiger partial charge is 0.494 e. The van der Waals surface area contributed by atoms with E-state index in [0.29, 0.717) is 21.6 Å². The number of rotatable bonds is 11. The van der Waals surface area contributed by atoms with E-state index in [4.69, 9.17) is 9.47 Å². The Labute approximate surface area is 240 Å². The van der Waals surface area contributed by atoms with Gasteiger partial charge in [-0.25, -0.2) is 0 Å². The van der Waals surface area contributed by atoms with Crippen LogP contribution in [0.2, 0.25) is 0 Å². The molecule has 40 heavy (non-hydrogen) atoms. The second-order valence-electron chi connectivity index (χ2n) is 10.0. The number of hydrogen-bond acceptors (Lipinski definition) is 9. The number of aryl methyl sites for hydroxylation is 1. The van der Waals surface area contributed by atoms with Gasteiger partial charge in [0.1, 0.15) is 12.4 Å².